The molecule has 1 fully saturated rings. The maximum atomic E-state index is 12.6. The standard InChI is InChI=1S/C16H18N4O4S/c17-14(22)11-4-7-25-15(11)19-13-3-1-2-12(18-13)16(23)20-5-6-24-10(8-20)9-21/h1-4,7,10,21H,5-6,8-9H2,(H2,17,22)(H,18,19). The summed E-state index contributed by atoms with van der Waals surface area (Å²) >= 11 is 1.33. The summed E-state index contributed by atoms with van der Waals surface area (Å²) in [5.74, 6) is -0.311. The molecule has 1 atom stereocenters. The molecule has 0 spiro atoms. The van der Waals surface area contributed by atoms with Crippen molar-refractivity contribution in [1.82, 2.24) is 9.88 Å². The highest BCUT2D eigenvalue weighted by Gasteiger charge is 2.25. The molecule has 2 aromatic rings. The molecule has 25 heavy (non-hydrogen) atoms. The minimum atomic E-state index is -0.528. The van der Waals surface area contributed by atoms with Crippen LogP contribution in [-0.2, 0) is 4.74 Å². The number of carbonyl (C=O) groups is 2. The third kappa shape index (κ3) is 3.95. The van der Waals surface area contributed by atoms with Crippen LogP contribution in [0.15, 0.2) is 29.6 Å². The van der Waals surface area contributed by atoms with Crippen molar-refractivity contribution in [3.05, 3.63) is 40.9 Å². The van der Waals surface area contributed by atoms with E-state index >= 15 is 0 Å². The third-order valence-electron chi connectivity index (χ3n) is 3.77. The molecule has 8 nitrogen and oxygen atoms in total. The van der Waals surface area contributed by atoms with E-state index in [1.165, 1.54) is 11.3 Å². The van der Waals surface area contributed by atoms with E-state index in [0.29, 0.717) is 36.1 Å². The number of ether oxygens (including phenoxy) is 1. The van der Waals surface area contributed by atoms with Gasteiger partial charge in [0.25, 0.3) is 11.8 Å². The Balaban J connectivity index is 1.76. The maximum Gasteiger partial charge on any atom is 0.272 e. The Hall–Kier alpha value is -2.49. The Kier molecular flexibility index (Phi) is 5.27. The SMILES string of the molecule is NC(=O)c1ccsc1Nc1cccc(C(=O)N2CCOC(CO)C2)n1. The Bertz CT molecular complexity index is 779. The zero-order valence-electron chi connectivity index (χ0n) is 13.3. The Morgan fingerprint density at radius 2 is 2.28 bits per heavy atom. The molecule has 3 rings (SSSR count). The van der Waals surface area contributed by atoms with Crippen molar-refractivity contribution >= 4 is 34.0 Å². The van der Waals surface area contributed by atoms with E-state index in [2.05, 4.69) is 10.3 Å². The summed E-state index contributed by atoms with van der Waals surface area (Å²) in [4.78, 5) is 29.9. The summed E-state index contributed by atoms with van der Waals surface area (Å²) in [6, 6.07) is 6.68. The monoisotopic (exact) mass is 362 g/mol. The topological polar surface area (TPSA) is 118 Å². The molecule has 0 aromatic carbocycles. The lowest BCUT2D eigenvalue weighted by Crippen LogP contribution is -2.47. The van der Waals surface area contributed by atoms with Gasteiger partial charge in [0, 0.05) is 13.1 Å². The van der Waals surface area contributed by atoms with Gasteiger partial charge in [-0.25, -0.2) is 4.98 Å². The number of hydrogen-bond donors (Lipinski definition) is 3. The number of aliphatic hydroxyl groups is 1. The molecule has 132 valence electrons. The molecule has 0 bridgehead atoms. The molecule has 1 saturated heterocycles. The number of hydrogen-bond acceptors (Lipinski definition) is 7. The number of aliphatic hydroxyl groups excluding tert-OH is 1. The van der Waals surface area contributed by atoms with E-state index in [0.717, 1.165) is 0 Å². The predicted molar refractivity (Wildman–Crippen MR) is 93.1 cm³/mol. The lowest BCUT2D eigenvalue weighted by atomic mass is 10.2. The fourth-order valence-corrected chi connectivity index (χ4v) is 3.32. The molecule has 1 aliphatic rings. The first-order valence-electron chi connectivity index (χ1n) is 7.71. The number of morpholine rings is 1. The Morgan fingerprint density at radius 1 is 1.44 bits per heavy atom. The van der Waals surface area contributed by atoms with Crippen LogP contribution in [0.1, 0.15) is 20.8 Å². The van der Waals surface area contributed by atoms with Gasteiger partial charge in [-0.05, 0) is 23.6 Å². The van der Waals surface area contributed by atoms with Crippen LogP contribution in [0, 0.1) is 0 Å². The van der Waals surface area contributed by atoms with Crippen molar-refractivity contribution in [2.45, 2.75) is 6.10 Å². The van der Waals surface area contributed by atoms with Crippen LogP contribution < -0.4 is 11.1 Å². The van der Waals surface area contributed by atoms with Gasteiger partial charge in [-0.3, -0.25) is 9.59 Å². The summed E-state index contributed by atoms with van der Waals surface area (Å²) in [7, 11) is 0. The number of primary amides is 1. The molecule has 0 radical (unpaired) electrons. The third-order valence-corrected chi connectivity index (χ3v) is 4.60. The highest BCUT2D eigenvalue weighted by molar-refractivity contribution is 7.14. The minimum Gasteiger partial charge on any atom is -0.394 e. The quantitative estimate of drug-likeness (QED) is 0.725. The average Bonchev–Trinajstić information content (AvgIpc) is 3.10. The first-order valence-corrected chi connectivity index (χ1v) is 8.59. The van der Waals surface area contributed by atoms with Crippen molar-refractivity contribution in [3.63, 3.8) is 0 Å². The lowest BCUT2D eigenvalue weighted by Gasteiger charge is -2.31. The molecule has 3 heterocycles. The summed E-state index contributed by atoms with van der Waals surface area (Å²) in [6.07, 6.45) is -0.372. The summed E-state index contributed by atoms with van der Waals surface area (Å²) in [5, 5.41) is 14.5. The fraction of sp³-hybridized carbons (Fsp3) is 0.312. The van der Waals surface area contributed by atoms with Gasteiger partial charge in [-0.15, -0.1) is 11.3 Å². The van der Waals surface area contributed by atoms with E-state index in [1.807, 2.05) is 0 Å². The first kappa shape index (κ1) is 17.3. The Labute approximate surface area is 148 Å². The van der Waals surface area contributed by atoms with Gasteiger partial charge in [-0.2, -0.15) is 0 Å². The van der Waals surface area contributed by atoms with Crippen molar-refractivity contribution < 1.29 is 19.4 Å². The number of carbonyl (C=O) groups excluding carboxylic acids is 2. The van der Waals surface area contributed by atoms with E-state index < -0.39 is 5.91 Å². The summed E-state index contributed by atoms with van der Waals surface area (Å²) < 4.78 is 5.35. The van der Waals surface area contributed by atoms with E-state index in [1.54, 1.807) is 34.5 Å². The van der Waals surface area contributed by atoms with Gasteiger partial charge in [0.05, 0.1) is 24.9 Å². The molecule has 0 saturated carbocycles. The number of thiophene rings is 1. The Morgan fingerprint density at radius 3 is 3.04 bits per heavy atom. The predicted octanol–water partition coefficient (Wildman–Crippen LogP) is 0.819. The zero-order chi connectivity index (χ0) is 17.8. The van der Waals surface area contributed by atoms with Gasteiger partial charge >= 0.3 is 0 Å². The molecule has 4 N–H and O–H groups in total. The van der Waals surface area contributed by atoms with Crippen molar-refractivity contribution in [1.29, 1.82) is 0 Å². The molecule has 2 amide bonds. The van der Waals surface area contributed by atoms with Crippen LogP contribution in [0.2, 0.25) is 0 Å². The van der Waals surface area contributed by atoms with Crippen LogP contribution >= 0.6 is 11.3 Å². The number of pyridine rings is 1. The van der Waals surface area contributed by atoms with Crippen LogP contribution in [0.5, 0.6) is 0 Å². The van der Waals surface area contributed by atoms with Gasteiger partial charge < -0.3 is 25.8 Å². The number of amides is 2. The maximum absolute atomic E-state index is 12.6. The van der Waals surface area contributed by atoms with E-state index in [4.69, 9.17) is 10.5 Å². The summed E-state index contributed by atoms with van der Waals surface area (Å²) in [6.45, 7) is 1.02. The van der Waals surface area contributed by atoms with Gasteiger partial charge in [0.2, 0.25) is 0 Å². The number of nitrogens with two attached hydrogens (primary N) is 1. The number of nitrogens with one attached hydrogen (secondary N) is 1. The number of aromatic nitrogens is 1. The van der Waals surface area contributed by atoms with Crippen molar-refractivity contribution in [2.75, 3.05) is 31.6 Å². The molecule has 1 unspecified atom stereocenters. The van der Waals surface area contributed by atoms with Crippen LogP contribution in [0.3, 0.4) is 0 Å². The summed E-state index contributed by atoms with van der Waals surface area (Å²) in [5.41, 5.74) is 5.98. The van der Waals surface area contributed by atoms with Crippen LogP contribution in [0.25, 0.3) is 0 Å². The lowest BCUT2D eigenvalue weighted by molar-refractivity contribution is -0.0448. The molecule has 0 aliphatic carbocycles. The molecular formula is C16H18N4O4S. The second-order valence-electron chi connectivity index (χ2n) is 5.49. The molecular weight excluding hydrogens is 344 g/mol. The smallest absolute Gasteiger partial charge is 0.272 e. The molecule has 2 aromatic heterocycles. The van der Waals surface area contributed by atoms with Gasteiger partial charge in [-0.1, -0.05) is 6.07 Å². The first-order chi connectivity index (χ1) is 12.1. The highest BCUT2D eigenvalue weighted by Crippen LogP contribution is 2.26. The second-order valence-corrected chi connectivity index (χ2v) is 6.40. The second kappa shape index (κ2) is 7.60. The minimum absolute atomic E-state index is 0.132. The van der Waals surface area contributed by atoms with E-state index in [9.17, 15) is 14.7 Å². The van der Waals surface area contributed by atoms with Crippen LogP contribution in [0.4, 0.5) is 10.8 Å². The van der Waals surface area contributed by atoms with Crippen molar-refractivity contribution in [3.8, 4) is 0 Å². The molecule has 9 heteroatoms. The highest BCUT2D eigenvalue weighted by atomic mass is 32.1. The number of anilines is 2. The van der Waals surface area contributed by atoms with Gasteiger partial charge in [0.1, 0.15) is 16.5 Å². The fourth-order valence-electron chi connectivity index (χ4n) is 2.52. The number of nitrogens with zero attached hydrogens (tertiary/aromatic N) is 2. The van der Waals surface area contributed by atoms with Crippen molar-refractivity contribution in [2.24, 2.45) is 5.73 Å². The van der Waals surface area contributed by atoms with Gasteiger partial charge in [0.15, 0.2) is 0 Å². The van der Waals surface area contributed by atoms with Crippen LogP contribution in [-0.4, -0.2) is 59.2 Å². The van der Waals surface area contributed by atoms with E-state index in [-0.39, 0.29) is 24.3 Å². The number of rotatable bonds is 5. The average molecular weight is 362 g/mol. The molecule has 1 aliphatic heterocycles. The normalized spacial score (nSPS) is 17.3. The zero-order valence-corrected chi connectivity index (χ0v) is 14.2. The largest absolute Gasteiger partial charge is 0.394 e.